The van der Waals surface area contributed by atoms with E-state index in [9.17, 15) is 9.00 Å². The number of benzene rings is 2. The third kappa shape index (κ3) is 10.6. The van der Waals surface area contributed by atoms with E-state index in [0.717, 1.165) is 40.3 Å². The molecule has 0 fully saturated rings. The monoisotopic (exact) mass is 533 g/mol. The minimum atomic E-state index is -1.33. The lowest BCUT2D eigenvalue weighted by atomic mass is 10.1. The third-order valence-corrected chi connectivity index (χ3v) is 7.66. The van der Waals surface area contributed by atoms with Crippen molar-refractivity contribution in [2.75, 3.05) is 55.0 Å². The zero-order valence-corrected chi connectivity index (χ0v) is 25.3. The van der Waals surface area contributed by atoms with E-state index in [2.05, 4.69) is 43.3 Å². The maximum absolute atomic E-state index is 13.1. The Hall–Kier alpha value is -2.26. The lowest BCUT2D eigenvalue weighted by molar-refractivity contribution is -0.141. The Morgan fingerprint density at radius 2 is 1.49 bits per heavy atom. The van der Waals surface area contributed by atoms with Gasteiger partial charge in [0.1, 0.15) is 22.8 Å². The molecule has 37 heavy (non-hydrogen) atoms. The quantitative estimate of drug-likeness (QED) is 0.380. The smallest absolute Gasteiger partial charge is 0.251 e. The van der Waals surface area contributed by atoms with E-state index < -0.39 is 17.1 Å². The summed E-state index contributed by atoms with van der Waals surface area (Å²) in [5, 5.41) is 0. The molecule has 2 aromatic rings. The summed E-state index contributed by atoms with van der Waals surface area (Å²) < 4.78 is 25.9. The van der Waals surface area contributed by atoms with Crippen molar-refractivity contribution in [1.82, 2.24) is 14.1 Å². The highest BCUT2D eigenvalue weighted by Crippen LogP contribution is 2.25. The van der Waals surface area contributed by atoms with E-state index in [4.69, 9.17) is 9.47 Å². The highest BCUT2D eigenvalue weighted by molar-refractivity contribution is 7.82. The number of aryl methyl sites for hydroxylation is 2. The Morgan fingerprint density at radius 1 is 0.946 bits per heavy atom. The number of hydrogen-bond donors (Lipinski definition) is 0. The zero-order valence-electron chi connectivity index (χ0n) is 24.5. The van der Waals surface area contributed by atoms with Crippen LogP contribution < -0.4 is 4.74 Å². The van der Waals surface area contributed by atoms with Gasteiger partial charge in [-0.2, -0.15) is 0 Å². The standard InChI is InChI=1S/C27H41N3O4S.C2H6/c1-20-17-25(33-8)18-21(2)26(20)35(32)30(7)15-16-34-22(3)27(31)29(6)19-24-11-9-23(10-12-24)13-14-28(4)5;1-2/h9-12,17-18,22H,13-16,19H2,1-8H3;1-2H3. The van der Waals surface area contributed by atoms with E-state index >= 15 is 0 Å². The van der Waals surface area contributed by atoms with Gasteiger partial charge in [0.25, 0.3) is 5.91 Å². The average Bonchev–Trinajstić information content (AvgIpc) is 2.88. The molecule has 2 aromatic carbocycles. The highest BCUT2D eigenvalue weighted by Gasteiger charge is 2.20. The number of rotatable bonds is 13. The SMILES string of the molecule is CC.COc1cc(C)c(S(=O)N(C)CCOC(C)C(=O)N(C)Cc2ccc(CCN(C)C)cc2)c(C)c1. The summed E-state index contributed by atoms with van der Waals surface area (Å²) in [5.74, 6) is 0.677. The number of ether oxygens (including phenoxy) is 2. The molecule has 0 N–H and O–H groups in total. The topological polar surface area (TPSA) is 62.3 Å². The van der Waals surface area contributed by atoms with Crippen molar-refractivity contribution < 1.29 is 18.5 Å². The summed E-state index contributed by atoms with van der Waals surface area (Å²) in [5.41, 5.74) is 4.21. The second kappa shape index (κ2) is 16.6. The van der Waals surface area contributed by atoms with Crippen molar-refractivity contribution in [1.29, 1.82) is 0 Å². The number of likely N-dealkylation sites (N-methyl/N-ethyl adjacent to an activating group) is 3. The molecule has 0 aromatic heterocycles. The van der Waals surface area contributed by atoms with Crippen LogP contribution in [0.3, 0.4) is 0 Å². The molecule has 2 unspecified atom stereocenters. The van der Waals surface area contributed by atoms with Crippen LogP contribution >= 0.6 is 0 Å². The molecule has 0 spiro atoms. The molecular formula is C29H47N3O4S. The Bertz CT molecular complexity index is 972. The van der Waals surface area contributed by atoms with Gasteiger partial charge in [0.15, 0.2) is 0 Å². The van der Waals surface area contributed by atoms with Crippen molar-refractivity contribution in [3.63, 3.8) is 0 Å². The fraction of sp³-hybridized carbons (Fsp3) is 0.552. The molecule has 0 saturated heterocycles. The van der Waals surface area contributed by atoms with Crippen molar-refractivity contribution in [2.24, 2.45) is 0 Å². The number of carbonyl (C=O) groups excluding carboxylic acids is 1. The molecule has 1 amide bonds. The van der Waals surface area contributed by atoms with Crippen molar-refractivity contribution in [2.45, 2.75) is 58.6 Å². The third-order valence-electron chi connectivity index (χ3n) is 5.92. The number of carbonyl (C=O) groups is 1. The molecule has 8 heteroatoms. The van der Waals surface area contributed by atoms with Crippen LogP contribution in [0, 0.1) is 13.8 Å². The molecule has 0 bridgehead atoms. The van der Waals surface area contributed by atoms with Crippen molar-refractivity contribution >= 4 is 16.9 Å². The number of methoxy groups -OCH3 is 1. The van der Waals surface area contributed by atoms with Gasteiger partial charge in [0.05, 0.1) is 18.6 Å². The number of hydrogen-bond acceptors (Lipinski definition) is 5. The lowest BCUT2D eigenvalue weighted by Gasteiger charge is -2.23. The van der Waals surface area contributed by atoms with E-state index in [1.807, 2.05) is 39.8 Å². The molecule has 2 atom stereocenters. The van der Waals surface area contributed by atoms with Gasteiger partial charge in [-0.1, -0.05) is 38.1 Å². The first-order valence-electron chi connectivity index (χ1n) is 12.9. The average molecular weight is 534 g/mol. The van der Waals surface area contributed by atoms with Gasteiger partial charge in [-0.05, 0) is 75.7 Å². The minimum Gasteiger partial charge on any atom is -0.497 e. The largest absolute Gasteiger partial charge is 0.497 e. The second-order valence-corrected chi connectivity index (χ2v) is 10.8. The van der Waals surface area contributed by atoms with Crippen LogP contribution in [0.15, 0.2) is 41.3 Å². The molecule has 0 aliphatic rings. The van der Waals surface area contributed by atoms with Crippen molar-refractivity contribution in [3.8, 4) is 5.75 Å². The molecule has 7 nitrogen and oxygen atoms in total. The van der Waals surface area contributed by atoms with Crippen LogP contribution in [0.2, 0.25) is 0 Å². The van der Waals surface area contributed by atoms with Crippen LogP contribution in [0.4, 0.5) is 0 Å². The normalized spacial score (nSPS) is 12.6. The molecule has 0 radical (unpaired) electrons. The summed E-state index contributed by atoms with van der Waals surface area (Å²) in [7, 11) is 8.01. The van der Waals surface area contributed by atoms with E-state index in [0.29, 0.717) is 19.7 Å². The first kappa shape index (κ1) is 32.8. The molecule has 0 aliphatic heterocycles. The maximum Gasteiger partial charge on any atom is 0.251 e. The van der Waals surface area contributed by atoms with Gasteiger partial charge in [0, 0.05) is 33.7 Å². The number of nitrogens with zero attached hydrogens (tertiary/aromatic N) is 3. The molecule has 0 saturated carbocycles. The van der Waals surface area contributed by atoms with Crippen LogP contribution in [0.1, 0.15) is 43.0 Å². The zero-order chi connectivity index (χ0) is 28.1. The molecule has 0 aliphatic carbocycles. The molecule has 2 rings (SSSR count). The molecule has 0 heterocycles. The van der Waals surface area contributed by atoms with Crippen LogP contribution in [0.5, 0.6) is 5.75 Å². The van der Waals surface area contributed by atoms with Gasteiger partial charge in [0.2, 0.25) is 0 Å². The van der Waals surface area contributed by atoms with E-state index in [1.54, 1.807) is 37.3 Å². The molecular weight excluding hydrogens is 486 g/mol. The van der Waals surface area contributed by atoms with Crippen molar-refractivity contribution in [3.05, 3.63) is 58.7 Å². The Kier molecular flexibility index (Phi) is 14.7. The van der Waals surface area contributed by atoms with E-state index in [1.165, 1.54) is 5.56 Å². The van der Waals surface area contributed by atoms with Crippen LogP contribution in [-0.4, -0.2) is 85.3 Å². The predicted octanol–water partition coefficient (Wildman–Crippen LogP) is 4.46. The fourth-order valence-corrected chi connectivity index (χ4v) is 5.02. The van der Waals surface area contributed by atoms with Gasteiger partial charge in [-0.3, -0.25) is 4.79 Å². The van der Waals surface area contributed by atoms with Crippen LogP contribution in [-0.2, 0) is 33.5 Å². The lowest BCUT2D eigenvalue weighted by Crippen LogP contribution is -2.37. The predicted molar refractivity (Wildman–Crippen MR) is 153 cm³/mol. The Balaban J connectivity index is 0.00000334. The highest BCUT2D eigenvalue weighted by atomic mass is 32.2. The fourth-order valence-electron chi connectivity index (χ4n) is 3.80. The first-order valence-corrected chi connectivity index (χ1v) is 14.0. The summed E-state index contributed by atoms with van der Waals surface area (Å²) in [4.78, 5) is 17.4. The minimum absolute atomic E-state index is 0.0766. The summed E-state index contributed by atoms with van der Waals surface area (Å²) >= 11 is 0. The van der Waals surface area contributed by atoms with E-state index in [-0.39, 0.29) is 5.91 Å². The number of amides is 1. The summed E-state index contributed by atoms with van der Waals surface area (Å²) in [6.07, 6.45) is 0.426. The van der Waals surface area contributed by atoms with Crippen LogP contribution in [0.25, 0.3) is 0 Å². The summed E-state index contributed by atoms with van der Waals surface area (Å²) in [6.45, 7) is 11.9. The Morgan fingerprint density at radius 3 is 2.00 bits per heavy atom. The first-order chi connectivity index (χ1) is 17.5. The maximum atomic E-state index is 13.1. The Labute approximate surface area is 227 Å². The van der Waals surface area contributed by atoms with Gasteiger partial charge in [-0.15, -0.1) is 0 Å². The van der Waals surface area contributed by atoms with Gasteiger partial charge in [-0.25, -0.2) is 8.51 Å². The molecule has 208 valence electrons. The van der Waals surface area contributed by atoms with Gasteiger partial charge >= 0.3 is 0 Å². The second-order valence-electron chi connectivity index (χ2n) is 9.27. The summed E-state index contributed by atoms with van der Waals surface area (Å²) in [6, 6.07) is 12.2. The van der Waals surface area contributed by atoms with Gasteiger partial charge < -0.3 is 19.3 Å².